The molecule has 2 heterocycles. The first-order valence-corrected chi connectivity index (χ1v) is 4.91. The van der Waals surface area contributed by atoms with Crippen molar-refractivity contribution in [1.29, 1.82) is 0 Å². The number of hydrogen-bond donors (Lipinski definition) is 2. The number of aromatic nitrogens is 2. The second-order valence-electron chi connectivity index (χ2n) is 3.49. The van der Waals surface area contributed by atoms with Gasteiger partial charge in [-0.25, -0.2) is 4.98 Å². The average molecular weight is 210 g/mol. The number of nitrogens with two attached hydrogens (primary N) is 1. The molecule has 1 aromatic heterocycles. The molecule has 1 aliphatic heterocycles. The Morgan fingerprint density at radius 1 is 1.60 bits per heavy atom. The molecular formula is C9H14N4O2. The van der Waals surface area contributed by atoms with E-state index < -0.39 is 0 Å². The number of imidazole rings is 1. The van der Waals surface area contributed by atoms with Gasteiger partial charge < -0.3 is 20.2 Å². The van der Waals surface area contributed by atoms with Crippen LogP contribution in [0.2, 0.25) is 0 Å². The number of nitrogens with zero attached hydrogens (tertiary/aromatic N) is 3. The zero-order chi connectivity index (χ0) is 10.7. The number of hydrogen-bond acceptors (Lipinski definition) is 4. The Morgan fingerprint density at radius 3 is 3.00 bits per heavy atom. The molecule has 0 aliphatic carbocycles. The summed E-state index contributed by atoms with van der Waals surface area (Å²) in [6, 6.07) is 0.330. The third kappa shape index (κ3) is 1.94. The van der Waals surface area contributed by atoms with Crippen LogP contribution >= 0.6 is 0 Å². The molecule has 0 atom stereocenters. The molecular weight excluding hydrogens is 196 g/mol. The van der Waals surface area contributed by atoms with E-state index in [1.165, 1.54) is 0 Å². The Morgan fingerprint density at radius 2 is 2.33 bits per heavy atom. The highest BCUT2D eigenvalue weighted by atomic mass is 16.5. The molecule has 1 aliphatic rings. The quantitative estimate of drug-likeness (QED) is 0.319. The van der Waals surface area contributed by atoms with E-state index in [1.54, 1.807) is 6.20 Å². The van der Waals surface area contributed by atoms with Gasteiger partial charge in [0.05, 0.1) is 0 Å². The third-order valence-electron chi connectivity index (χ3n) is 2.59. The molecule has 15 heavy (non-hydrogen) atoms. The number of ether oxygens (including phenoxy) is 1. The maximum Gasteiger partial charge on any atom is 0.206 e. The lowest BCUT2D eigenvalue weighted by molar-refractivity contribution is 0.0694. The second kappa shape index (κ2) is 4.31. The summed E-state index contributed by atoms with van der Waals surface area (Å²) >= 11 is 0. The Labute approximate surface area is 87.4 Å². The summed E-state index contributed by atoms with van der Waals surface area (Å²) < 4.78 is 7.22. The molecule has 1 aromatic rings. The summed E-state index contributed by atoms with van der Waals surface area (Å²) in [4.78, 5) is 4.07. The molecule has 0 unspecified atom stereocenters. The molecule has 0 radical (unpaired) electrons. The predicted octanol–water partition coefficient (Wildman–Crippen LogP) is 0.329. The van der Waals surface area contributed by atoms with Gasteiger partial charge >= 0.3 is 0 Å². The monoisotopic (exact) mass is 210 g/mol. The standard InChI is InChI=1S/C9H14N4O2/c10-8(12-14)9-11-3-4-13(9)7-1-5-15-6-2-7/h3-4,7,14H,1-2,5-6H2,(H2,10,12). The smallest absolute Gasteiger partial charge is 0.206 e. The van der Waals surface area contributed by atoms with E-state index in [4.69, 9.17) is 15.7 Å². The minimum atomic E-state index is 0.0477. The summed E-state index contributed by atoms with van der Waals surface area (Å²) in [5.74, 6) is 0.566. The van der Waals surface area contributed by atoms with Crippen molar-refractivity contribution in [2.45, 2.75) is 18.9 Å². The first-order chi connectivity index (χ1) is 7.33. The summed E-state index contributed by atoms with van der Waals surface area (Å²) in [5, 5.41) is 11.6. The SMILES string of the molecule is NC(=NO)c1nccn1C1CCOCC1. The molecule has 2 rings (SSSR count). The van der Waals surface area contributed by atoms with Crippen molar-refractivity contribution in [3.63, 3.8) is 0 Å². The van der Waals surface area contributed by atoms with Crippen molar-refractivity contribution in [2.75, 3.05) is 13.2 Å². The van der Waals surface area contributed by atoms with Gasteiger partial charge in [-0.2, -0.15) is 0 Å². The highest BCUT2D eigenvalue weighted by Crippen LogP contribution is 2.21. The van der Waals surface area contributed by atoms with E-state index in [9.17, 15) is 0 Å². The second-order valence-corrected chi connectivity index (χ2v) is 3.49. The van der Waals surface area contributed by atoms with Crippen molar-refractivity contribution >= 4 is 5.84 Å². The molecule has 6 heteroatoms. The molecule has 6 nitrogen and oxygen atoms in total. The van der Waals surface area contributed by atoms with Gasteiger partial charge in [0.15, 0.2) is 5.82 Å². The Kier molecular flexibility index (Phi) is 2.86. The van der Waals surface area contributed by atoms with Crippen LogP contribution in [0.15, 0.2) is 17.5 Å². The molecule has 3 N–H and O–H groups in total. The highest BCUT2D eigenvalue weighted by molar-refractivity contribution is 5.93. The van der Waals surface area contributed by atoms with Crippen molar-refractivity contribution in [3.8, 4) is 0 Å². The summed E-state index contributed by atoms with van der Waals surface area (Å²) in [6.07, 6.45) is 5.37. The minimum Gasteiger partial charge on any atom is -0.409 e. The van der Waals surface area contributed by atoms with Crippen molar-refractivity contribution in [3.05, 3.63) is 18.2 Å². The van der Waals surface area contributed by atoms with E-state index in [-0.39, 0.29) is 5.84 Å². The fourth-order valence-electron chi connectivity index (χ4n) is 1.81. The number of rotatable bonds is 2. The third-order valence-corrected chi connectivity index (χ3v) is 2.59. The zero-order valence-corrected chi connectivity index (χ0v) is 8.33. The maximum atomic E-state index is 8.61. The number of oxime groups is 1. The van der Waals surface area contributed by atoms with Gasteiger partial charge in [-0.05, 0) is 12.8 Å². The van der Waals surface area contributed by atoms with E-state index in [0.717, 1.165) is 26.1 Å². The van der Waals surface area contributed by atoms with Gasteiger partial charge in [0, 0.05) is 31.6 Å². The zero-order valence-electron chi connectivity index (χ0n) is 8.33. The van der Waals surface area contributed by atoms with Crippen LogP contribution in [0.25, 0.3) is 0 Å². The lowest BCUT2D eigenvalue weighted by atomic mass is 10.1. The van der Waals surface area contributed by atoms with Gasteiger partial charge in [-0.1, -0.05) is 5.16 Å². The minimum absolute atomic E-state index is 0.0477. The van der Waals surface area contributed by atoms with Crippen molar-refractivity contribution < 1.29 is 9.94 Å². The average Bonchev–Trinajstić information content (AvgIpc) is 2.78. The topological polar surface area (TPSA) is 85.7 Å². The van der Waals surface area contributed by atoms with Crippen LogP contribution in [0.3, 0.4) is 0 Å². The molecule has 1 fully saturated rings. The first kappa shape index (κ1) is 9.97. The Hall–Kier alpha value is -1.56. The predicted molar refractivity (Wildman–Crippen MR) is 53.8 cm³/mol. The van der Waals surface area contributed by atoms with Crippen LogP contribution < -0.4 is 5.73 Å². The van der Waals surface area contributed by atoms with Gasteiger partial charge in [0.2, 0.25) is 5.84 Å². The molecule has 82 valence electrons. The molecule has 0 aromatic carbocycles. The molecule has 0 spiro atoms. The number of amidine groups is 1. The van der Waals surface area contributed by atoms with Gasteiger partial charge in [-0.3, -0.25) is 0 Å². The summed E-state index contributed by atoms with van der Waals surface area (Å²) in [6.45, 7) is 1.50. The lowest BCUT2D eigenvalue weighted by Crippen LogP contribution is -2.25. The van der Waals surface area contributed by atoms with Crippen LogP contribution in [0.4, 0.5) is 0 Å². The maximum absolute atomic E-state index is 8.61. The van der Waals surface area contributed by atoms with Crippen molar-refractivity contribution in [1.82, 2.24) is 9.55 Å². The van der Waals surface area contributed by atoms with Gasteiger partial charge in [0.1, 0.15) is 0 Å². The van der Waals surface area contributed by atoms with E-state index in [0.29, 0.717) is 11.9 Å². The van der Waals surface area contributed by atoms with Crippen LogP contribution in [0.1, 0.15) is 24.7 Å². The van der Waals surface area contributed by atoms with Gasteiger partial charge in [0.25, 0.3) is 0 Å². The molecule has 0 saturated carbocycles. The van der Waals surface area contributed by atoms with E-state index in [2.05, 4.69) is 10.1 Å². The largest absolute Gasteiger partial charge is 0.409 e. The van der Waals surface area contributed by atoms with Crippen LogP contribution in [0.5, 0.6) is 0 Å². The van der Waals surface area contributed by atoms with Gasteiger partial charge in [-0.15, -0.1) is 0 Å². The fourth-order valence-corrected chi connectivity index (χ4v) is 1.81. The fraction of sp³-hybridized carbons (Fsp3) is 0.556. The molecule has 0 bridgehead atoms. The highest BCUT2D eigenvalue weighted by Gasteiger charge is 2.19. The Balaban J connectivity index is 2.23. The van der Waals surface area contributed by atoms with E-state index >= 15 is 0 Å². The molecule has 1 saturated heterocycles. The van der Waals surface area contributed by atoms with Crippen LogP contribution in [0, 0.1) is 0 Å². The van der Waals surface area contributed by atoms with Crippen LogP contribution in [-0.2, 0) is 4.74 Å². The van der Waals surface area contributed by atoms with Crippen LogP contribution in [-0.4, -0.2) is 33.8 Å². The lowest BCUT2D eigenvalue weighted by Gasteiger charge is -2.24. The summed E-state index contributed by atoms with van der Waals surface area (Å²) in [5.41, 5.74) is 5.53. The molecule has 0 amide bonds. The first-order valence-electron chi connectivity index (χ1n) is 4.91. The van der Waals surface area contributed by atoms with Crippen molar-refractivity contribution in [2.24, 2.45) is 10.9 Å². The Bertz CT molecular complexity index is 355. The normalized spacial score (nSPS) is 19.3. The summed E-state index contributed by atoms with van der Waals surface area (Å²) in [7, 11) is 0. The van der Waals surface area contributed by atoms with E-state index in [1.807, 2.05) is 10.8 Å².